The molecule has 2 fully saturated rings. The second-order valence-corrected chi connectivity index (χ2v) is 11.0. The number of benzene rings is 2. The van der Waals surface area contributed by atoms with Crippen LogP contribution in [0.5, 0.6) is 5.75 Å². The van der Waals surface area contributed by atoms with Gasteiger partial charge in [0.05, 0.1) is 23.7 Å². The van der Waals surface area contributed by atoms with Gasteiger partial charge in [0.25, 0.3) is 10.0 Å². The Labute approximate surface area is 208 Å². The largest absolute Gasteiger partial charge is 0.494 e. The summed E-state index contributed by atoms with van der Waals surface area (Å²) in [5.41, 5.74) is 0. The molecule has 2 aromatic rings. The second kappa shape index (κ2) is 12.4. The lowest BCUT2D eigenvalue weighted by Crippen LogP contribution is -2.30. The Bertz CT molecular complexity index is 1070. The number of nitrogens with one attached hydrogen (secondary N) is 1. The number of fused-ring (bicyclic) bond motifs is 2. The minimum atomic E-state index is -3.80. The molecule has 6 nitrogen and oxygen atoms in total. The molecule has 2 saturated heterocycles. The van der Waals surface area contributed by atoms with Gasteiger partial charge in [-0.25, -0.2) is 13.1 Å². The Hall–Kier alpha value is -2.64. The lowest BCUT2D eigenvalue weighted by molar-refractivity contribution is -0.119. The monoisotopic (exact) mass is 497 g/mol. The highest BCUT2D eigenvalue weighted by Gasteiger charge is 2.47. The molecule has 1 amide bonds. The van der Waals surface area contributed by atoms with Crippen molar-refractivity contribution in [3.05, 3.63) is 72.8 Å². The fourth-order valence-corrected chi connectivity index (χ4v) is 6.27. The van der Waals surface area contributed by atoms with E-state index in [0.717, 1.165) is 50.9 Å². The van der Waals surface area contributed by atoms with Crippen molar-refractivity contribution in [2.75, 3.05) is 6.61 Å². The molecular formula is C28H35NO5S. The Morgan fingerprint density at radius 3 is 2.37 bits per heavy atom. The van der Waals surface area contributed by atoms with Crippen molar-refractivity contribution in [3.8, 4) is 5.75 Å². The fourth-order valence-electron chi connectivity index (χ4n) is 5.23. The fraction of sp³-hybridized carbons (Fsp3) is 0.464. The third-order valence-electron chi connectivity index (χ3n) is 6.94. The zero-order chi connectivity index (χ0) is 24.5. The van der Waals surface area contributed by atoms with Gasteiger partial charge in [0.15, 0.2) is 0 Å². The summed E-state index contributed by atoms with van der Waals surface area (Å²) in [6, 6.07) is 17.9. The average Bonchev–Trinajstić information content (AvgIpc) is 3.47. The number of para-hydroxylation sites is 1. The number of hydrogen-bond acceptors (Lipinski definition) is 5. The van der Waals surface area contributed by atoms with Crippen molar-refractivity contribution in [2.24, 2.45) is 11.8 Å². The third-order valence-corrected chi connectivity index (χ3v) is 8.32. The van der Waals surface area contributed by atoms with Crippen LogP contribution in [0.2, 0.25) is 0 Å². The summed E-state index contributed by atoms with van der Waals surface area (Å²) >= 11 is 0. The Morgan fingerprint density at radius 2 is 1.63 bits per heavy atom. The van der Waals surface area contributed by atoms with Crippen molar-refractivity contribution in [1.82, 2.24) is 4.72 Å². The molecule has 0 aliphatic carbocycles. The first-order chi connectivity index (χ1) is 17.0. The number of amides is 1. The van der Waals surface area contributed by atoms with Crippen molar-refractivity contribution < 1.29 is 22.7 Å². The van der Waals surface area contributed by atoms with E-state index in [1.54, 1.807) is 18.2 Å². The maximum atomic E-state index is 12.2. The van der Waals surface area contributed by atoms with E-state index in [2.05, 4.69) is 16.9 Å². The SMILES string of the molecule is O=C(CCC/C=C\C[C@@H]1[C@H](CCCOc2ccccc2)[C@@H]2CC[C@H]1O2)NS(=O)(=O)c1ccccc1. The smallest absolute Gasteiger partial charge is 0.264 e. The number of carbonyl (C=O) groups is 1. The lowest BCUT2D eigenvalue weighted by atomic mass is 9.75. The van der Waals surface area contributed by atoms with Crippen LogP contribution in [0.3, 0.4) is 0 Å². The molecule has 7 heteroatoms. The first-order valence-corrected chi connectivity index (χ1v) is 14.1. The Balaban J connectivity index is 1.15. The quantitative estimate of drug-likeness (QED) is 0.302. The molecule has 0 saturated carbocycles. The number of unbranched alkanes of at least 4 members (excludes halogenated alkanes) is 1. The number of allylic oxidation sites excluding steroid dienone is 2. The topological polar surface area (TPSA) is 81.7 Å². The van der Waals surface area contributed by atoms with Crippen LogP contribution in [-0.4, -0.2) is 33.1 Å². The Morgan fingerprint density at radius 1 is 0.943 bits per heavy atom. The maximum absolute atomic E-state index is 12.2. The summed E-state index contributed by atoms with van der Waals surface area (Å²) in [5, 5.41) is 0. The molecule has 2 aliphatic heterocycles. The van der Waals surface area contributed by atoms with Gasteiger partial charge in [0, 0.05) is 6.42 Å². The highest BCUT2D eigenvalue weighted by Crippen LogP contribution is 2.47. The molecule has 4 atom stereocenters. The molecule has 0 unspecified atom stereocenters. The van der Waals surface area contributed by atoms with Gasteiger partial charge in [-0.1, -0.05) is 48.6 Å². The van der Waals surface area contributed by atoms with Crippen molar-refractivity contribution in [3.63, 3.8) is 0 Å². The lowest BCUT2D eigenvalue weighted by Gasteiger charge is -2.27. The van der Waals surface area contributed by atoms with E-state index in [1.165, 1.54) is 12.1 Å². The number of rotatable bonds is 13. The number of sulfonamides is 1. The molecule has 2 aromatic carbocycles. The van der Waals surface area contributed by atoms with Crippen LogP contribution in [-0.2, 0) is 19.6 Å². The number of carbonyl (C=O) groups excluding carboxylic acids is 1. The van der Waals surface area contributed by atoms with Crippen LogP contribution in [0.4, 0.5) is 0 Å². The van der Waals surface area contributed by atoms with Crippen LogP contribution in [0.25, 0.3) is 0 Å². The molecule has 0 aromatic heterocycles. The van der Waals surface area contributed by atoms with E-state index in [9.17, 15) is 13.2 Å². The summed E-state index contributed by atoms with van der Waals surface area (Å²) < 4.78 is 38.7. The number of hydrogen-bond donors (Lipinski definition) is 1. The standard InChI is InChI=1S/C28H35NO5S/c30-28(29-35(31,32)23-14-7-4-8-15-23)18-10-2-1-9-16-24-25(27-20-19-26(24)34-27)17-11-21-33-22-12-5-3-6-13-22/h1,3-9,12-15,24-27H,2,10-11,16-21H2,(H,29,30)/b9-1-/t24-,25+,26-,27+/m1/s1. The Kier molecular flexibility index (Phi) is 8.99. The molecule has 2 bridgehead atoms. The van der Waals surface area contributed by atoms with Crippen LogP contribution in [0.15, 0.2) is 77.7 Å². The van der Waals surface area contributed by atoms with Crippen LogP contribution >= 0.6 is 0 Å². The van der Waals surface area contributed by atoms with E-state index >= 15 is 0 Å². The maximum Gasteiger partial charge on any atom is 0.264 e. The first kappa shape index (κ1) is 25.5. The molecular weight excluding hydrogens is 462 g/mol. The van der Waals surface area contributed by atoms with E-state index in [1.807, 2.05) is 30.3 Å². The molecule has 1 N–H and O–H groups in total. The van der Waals surface area contributed by atoms with Crippen molar-refractivity contribution in [2.45, 2.75) is 68.5 Å². The third kappa shape index (κ3) is 7.18. The van der Waals surface area contributed by atoms with Gasteiger partial charge in [0.1, 0.15) is 5.75 Å². The first-order valence-electron chi connectivity index (χ1n) is 12.6. The summed E-state index contributed by atoms with van der Waals surface area (Å²) in [6.45, 7) is 0.725. The van der Waals surface area contributed by atoms with Gasteiger partial charge in [0.2, 0.25) is 5.91 Å². The zero-order valence-electron chi connectivity index (χ0n) is 20.1. The highest BCUT2D eigenvalue weighted by atomic mass is 32.2. The molecule has 188 valence electrons. The minimum absolute atomic E-state index is 0.0995. The van der Waals surface area contributed by atoms with Crippen LogP contribution < -0.4 is 9.46 Å². The normalized spacial score (nSPS) is 23.5. The van der Waals surface area contributed by atoms with Gasteiger partial charge in [-0.3, -0.25) is 4.79 Å². The van der Waals surface area contributed by atoms with E-state index < -0.39 is 15.9 Å². The van der Waals surface area contributed by atoms with Crippen LogP contribution in [0.1, 0.15) is 51.4 Å². The summed E-state index contributed by atoms with van der Waals surface area (Å²) in [5.74, 6) is 1.57. The summed E-state index contributed by atoms with van der Waals surface area (Å²) in [6.07, 6.45) is 12.0. The predicted octanol–water partition coefficient (Wildman–Crippen LogP) is 5.26. The molecule has 2 aliphatic rings. The molecule has 35 heavy (non-hydrogen) atoms. The van der Waals surface area contributed by atoms with Gasteiger partial charge in [-0.15, -0.1) is 0 Å². The van der Waals surface area contributed by atoms with Crippen molar-refractivity contribution >= 4 is 15.9 Å². The molecule has 4 rings (SSSR count). The van der Waals surface area contributed by atoms with E-state index in [-0.39, 0.29) is 11.3 Å². The van der Waals surface area contributed by atoms with Crippen molar-refractivity contribution in [1.29, 1.82) is 0 Å². The highest BCUT2D eigenvalue weighted by molar-refractivity contribution is 7.90. The van der Waals surface area contributed by atoms with Crippen LogP contribution in [0, 0.1) is 11.8 Å². The van der Waals surface area contributed by atoms with Gasteiger partial charge >= 0.3 is 0 Å². The van der Waals surface area contributed by atoms with Gasteiger partial charge in [-0.05, 0) is 81.0 Å². The molecule has 0 radical (unpaired) electrons. The zero-order valence-corrected chi connectivity index (χ0v) is 20.9. The number of ether oxygens (including phenoxy) is 2. The minimum Gasteiger partial charge on any atom is -0.494 e. The average molecular weight is 498 g/mol. The summed E-state index contributed by atoms with van der Waals surface area (Å²) in [7, 11) is -3.80. The van der Waals surface area contributed by atoms with E-state index in [0.29, 0.717) is 30.5 Å². The second-order valence-electron chi connectivity index (χ2n) is 9.36. The van der Waals surface area contributed by atoms with Gasteiger partial charge < -0.3 is 9.47 Å². The molecule has 0 spiro atoms. The summed E-state index contributed by atoms with van der Waals surface area (Å²) in [4.78, 5) is 12.2. The van der Waals surface area contributed by atoms with Gasteiger partial charge in [-0.2, -0.15) is 0 Å². The molecule has 2 heterocycles. The van der Waals surface area contributed by atoms with E-state index in [4.69, 9.17) is 9.47 Å². The predicted molar refractivity (Wildman–Crippen MR) is 135 cm³/mol.